The molecule has 21 heavy (non-hydrogen) atoms. The van der Waals surface area contributed by atoms with Crippen LogP contribution in [0, 0.1) is 0 Å². The summed E-state index contributed by atoms with van der Waals surface area (Å²) in [5.41, 5.74) is 3.02. The van der Waals surface area contributed by atoms with Crippen LogP contribution < -0.4 is 10.2 Å². The van der Waals surface area contributed by atoms with Gasteiger partial charge in [-0.15, -0.1) is 0 Å². The van der Waals surface area contributed by atoms with E-state index in [1.165, 1.54) is 19.8 Å². The molecular weight excluding hydrogens is 272 g/mol. The van der Waals surface area contributed by atoms with E-state index in [-0.39, 0.29) is 0 Å². The Hall–Kier alpha value is -2.24. The Labute approximate surface area is 124 Å². The SMILES string of the molecule is COC(=O)N[C@H](C(=O)OC)c1ccc2c(c1)CCCN2C. The number of alkyl carbamates (subject to hydrolysis) is 1. The number of methoxy groups -OCH3 is 2. The molecule has 0 saturated carbocycles. The lowest BCUT2D eigenvalue weighted by Gasteiger charge is -2.28. The minimum absolute atomic E-state index is 0.524. The molecule has 2 rings (SSSR count). The first kappa shape index (κ1) is 15.2. The third-order valence-corrected chi connectivity index (χ3v) is 3.67. The highest BCUT2D eigenvalue weighted by atomic mass is 16.5. The highest BCUT2D eigenvalue weighted by molar-refractivity contribution is 5.83. The maximum Gasteiger partial charge on any atom is 0.407 e. The lowest BCUT2D eigenvalue weighted by Crippen LogP contribution is -2.34. The van der Waals surface area contributed by atoms with Gasteiger partial charge in [-0.05, 0) is 30.0 Å². The van der Waals surface area contributed by atoms with Gasteiger partial charge in [0.25, 0.3) is 0 Å². The molecule has 0 aliphatic carbocycles. The fourth-order valence-corrected chi connectivity index (χ4v) is 2.56. The first-order valence-electron chi connectivity index (χ1n) is 6.83. The average molecular weight is 292 g/mol. The molecule has 1 atom stereocenters. The van der Waals surface area contributed by atoms with Gasteiger partial charge in [0.2, 0.25) is 0 Å². The number of esters is 1. The van der Waals surface area contributed by atoms with Gasteiger partial charge in [-0.2, -0.15) is 0 Å². The zero-order valence-corrected chi connectivity index (χ0v) is 12.5. The van der Waals surface area contributed by atoms with Crippen molar-refractivity contribution in [3.05, 3.63) is 29.3 Å². The maximum atomic E-state index is 11.9. The number of aryl methyl sites for hydroxylation is 1. The summed E-state index contributed by atoms with van der Waals surface area (Å²) in [6.45, 7) is 1.02. The third-order valence-electron chi connectivity index (χ3n) is 3.67. The van der Waals surface area contributed by atoms with Crippen LogP contribution in [0.3, 0.4) is 0 Å². The van der Waals surface area contributed by atoms with Crippen molar-refractivity contribution in [3.63, 3.8) is 0 Å². The normalized spacial score (nSPS) is 14.9. The number of hydrogen-bond donors (Lipinski definition) is 1. The van der Waals surface area contributed by atoms with E-state index in [1.54, 1.807) is 0 Å². The Bertz CT molecular complexity index is 544. The van der Waals surface area contributed by atoms with Crippen LogP contribution in [0.25, 0.3) is 0 Å². The van der Waals surface area contributed by atoms with Crippen molar-refractivity contribution in [2.75, 3.05) is 32.7 Å². The Morgan fingerprint density at radius 3 is 2.71 bits per heavy atom. The number of hydrogen-bond acceptors (Lipinski definition) is 5. The summed E-state index contributed by atoms with van der Waals surface area (Å²) < 4.78 is 9.32. The van der Waals surface area contributed by atoms with Crippen molar-refractivity contribution in [1.29, 1.82) is 0 Å². The van der Waals surface area contributed by atoms with Gasteiger partial charge in [0.05, 0.1) is 14.2 Å². The molecule has 0 aromatic heterocycles. The van der Waals surface area contributed by atoms with E-state index >= 15 is 0 Å². The third kappa shape index (κ3) is 3.26. The fraction of sp³-hybridized carbons (Fsp3) is 0.467. The lowest BCUT2D eigenvalue weighted by molar-refractivity contribution is -0.143. The topological polar surface area (TPSA) is 67.9 Å². The molecule has 0 unspecified atom stereocenters. The molecule has 1 heterocycles. The Morgan fingerprint density at radius 2 is 2.05 bits per heavy atom. The van der Waals surface area contributed by atoms with Crippen LogP contribution in [0.2, 0.25) is 0 Å². The maximum absolute atomic E-state index is 11.9. The lowest BCUT2D eigenvalue weighted by atomic mass is 9.96. The Balaban J connectivity index is 2.32. The number of nitrogens with one attached hydrogen (secondary N) is 1. The second-order valence-corrected chi connectivity index (χ2v) is 5.01. The van der Waals surface area contributed by atoms with Gasteiger partial charge in [0.1, 0.15) is 0 Å². The van der Waals surface area contributed by atoms with Crippen LogP contribution in [0.5, 0.6) is 0 Å². The van der Waals surface area contributed by atoms with E-state index in [0.717, 1.165) is 25.1 Å². The highest BCUT2D eigenvalue weighted by Gasteiger charge is 2.25. The molecule has 1 aliphatic rings. The first-order chi connectivity index (χ1) is 10.1. The quantitative estimate of drug-likeness (QED) is 0.858. The smallest absolute Gasteiger partial charge is 0.407 e. The molecule has 1 aromatic rings. The van der Waals surface area contributed by atoms with E-state index < -0.39 is 18.1 Å². The second-order valence-electron chi connectivity index (χ2n) is 5.01. The number of nitrogens with zero attached hydrogens (tertiary/aromatic N) is 1. The molecule has 1 amide bonds. The Morgan fingerprint density at radius 1 is 1.29 bits per heavy atom. The minimum atomic E-state index is -0.861. The van der Waals surface area contributed by atoms with E-state index in [0.29, 0.717) is 5.56 Å². The molecule has 0 bridgehead atoms. The zero-order chi connectivity index (χ0) is 15.4. The van der Waals surface area contributed by atoms with E-state index in [2.05, 4.69) is 15.0 Å². The zero-order valence-electron chi connectivity index (χ0n) is 12.5. The fourth-order valence-electron chi connectivity index (χ4n) is 2.56. The van der Waals surface area contributed by atoms with Crippen molar-refractivity contribution in [3.8, 4) is 0 Å². The van der Waals surface area contributed by atoms with Gasteiger partial charge >= 0.3 is 12.1 Å². The molecule has 0 spiro atoms. The standard InChI is InChI=1S/C15H20N2O4/c1-17-8-4-5-10-9-11(6-7-12(10)17)13(14(18)20-2)16-15(19)21-3/h6-7,9,13H,4-5,8H2,1-3H3,(H,16,19)/t13-/m0/s1. The molecular formula is C15H20N2O4. The summed E-state index contributed by atoms with van der Waals surface area (Å²) in [7, 11) is 4.59. The second kappa shape index (κ2) is 6.47. The van der Waals surface area contributed by atoms with Gasteiger partial charge in [-0.1, -0.05) is 12.1 Å². The molecule has 1 N–H and O–H groups in total. The van der Waals surface area contributed by atoms with Crippen LogP contribution in [-0.4, -0.2) is 39.9 Å². The number of rotatable bonds is 3. The number of benzene rings is 1. The molecule has 0 fully saturated rings. The number of fused-ring (bicyclic) bond motifs is 1. The molecule has 6 nitrogen and oxygen atoms in total. The minimum Gasteiger partial charge on any atom is -0.467 e. The van der Waals surface area contributed by atoms with Crippen molar-refractivity contribution in [2.24, 2.45) is 0 Å². The highest BCUT2D eigenvalue weighted by Crippen LogP contribution is 2.29. The summed E-state index contributed by atoms with van der Waals surface area (Å²) >= 11 is 0. The van der Waals surface area contributed by atoms with Gasteiger partial charge in [0, 0.05) is 19.3 Å². The molecule has 0 saturated heterocycles. The number of carbonyl (C=O) groups excluding carboxylic acids is 2. The number of anilines is 1. The average Bonchev–Trinajstić information content (AvgIpc) is 2.51. The van der Waals surface area contributed by atoms with Crippen molar-refractivity contribution in [2.45, 2.75) is 18.9 Å². The molecule has 0 radical (unpaired) electrons. The van der Waals surface area contributed by atoms with E-state index in [1.807, 2.05) is 25.2 Å². The Kier molecular flexibility index (Phi) is 4.67. The summed E-state index contributed by atoms with van der Waals surface area (Å²) in [6, 6.07) is 4.89. The van der Waals surface area contributed by atoms with Crippen LogP contribution in [0.15, 0.2) is 18.2 Å². The van der Waals surface area contributed by atoms with Gasteiger partial charge in [-0.3, -0.25) is 0 Å². The number of carbonyl (C=O) groups is 2. The van der Waals surface area contributed by atoms with Gasteiger partial charge < -0.3 is 19.7 Å². The monoisotopic (exact) mass is 292 g/mol. The van der Waals surface area contributed by atoms with Crippen molar-refractivity contribution < 1.29 is 19.1 Å². The van der Waals surface area contributed by atoms with Crippen LogP contribution in [0.1, 0.15) is 23.6 Å². The van der Waals surface area contributed by atoms with Gasteiger partial charge in [0.15, 0.2) is 6.04 Å². The predicted molar refractivity (Wildman–Crippen MR) is 78.3 cm³/mol. The predicted octanol–water partition coefficient (Wildman–Crippen LogP) is 1.64. The molecule has 1 aromatic carbocycles. The largest absolute Gasteiger partial charge is 0.467 e. The van der Waals surface area contributed by atoms with Crippen molar-refractivity contribution >= 4 is 17.7 Å². The number of amides is 1. The van der Waals surface area contributed by atoms with Crippen LogP contribution in [0.4, 0.5) is 10.5 Å². The van der Waals surface area contributed by atoms with E-state index in [4.69, 9.17) is 4.74 Å². The summed E-state index contributed by atoms with van der Waals surface area (Å²) in [5.74, 6) is -0.524. The summed E-state index contributed by atoms with van der Waals surface area (Å²) in [6.07, 6.45) is 1.36. The number of ether oxygens (including phenoxy) is 2. The molecule has 114 valence electrons. The van der Waals surface area contributed by atoms with Crippen molar-refractivity contribution in [1.82, 2.24) is 5.32 Å². The first-order valence-corrected chi connectivity index (χ1v) is 6.83. The van der Waals surface area contributed by atoms with E-state index in [9.17, 15) is 9.59 Å². The molecule has 6 heteroatoms. The summed E-state index contributed by atoms with van der Waals surface area (Å²) in [5, 5.41) is 2.50. The van der Waals surface area contributed by atoms with Crippen LogP contribution >= 0.6 is 0 Å². The van der Waals surface area contributed by atoms with Crippen LogP contribution in [-0.2, 0) is 20.7 Å². The molecule has 1 aliphatic heterocycles. The summed E-state index contributed by atoms with van der Waals surface area (Å²) in [4.78, 5) is 25.5. The van der Waals surface area contributed by atoms with Gasteiger partial charge in [-0.25, -0.2) is 9.59 Å².